The van der Waals surface area contributed by atoms with E-state index in [4.69, 9.17) is 9.84 Å². The summed E-state index contributed by atoms with van der Waals surface area (Å²) in [6.45, 7) is 0.733. The molecular weight excluding hydrogens is 182 g/mol. The molecule has 0 bridgehead atoms. The van der Waals surface area contributed by atoms with Gasteiger partial charge in [-0.2, -0.15) is 0 Å². The second-order valence-corrected chi connectivity index (χ2v) is 3.84. The van der Waals surface area contributed by atoms with E-state index >= 15 is 0 Å². The molecule has 0 heterocycles. The molecule has 2 N–H and O–H groups in total. The summed E-state index contributed by atoms with van der Waals surface area (Å²) in [6, 6.07) is 0. The van der Waals surface area contributed by atoms with Crippen LogP contribution in [0.15, 0.2) is 0 Å². The second kappa shape index (κ2) is 7.48. The van der Waals surface area contributed by atoms with Crippen molar-refractivity contribution in [2.24, 2.45) is 0 Å². The number of sulfonamides is 1. The molecule has 0 rings (SSSR count). The summed E-state index contributed by atoms with van der Waals surface area (Å²) in [5.74, 6) is 0. The third-order valence-corrected chi connectivity index (χ3v) is 1.57. The van der Waals surface area contributed by atoms with Gasteiger partial charge >= 0.3 is 0 Å². The number of rotatable bonds is 6. The molecule has 6 heteroatoms. The molecule has 0 atom stereocenters. The van der Waals surface area contributed by atoms with Crippen LogP contribution in [0.2, 0.25) is 0 Å². The first-order valence-corrected chi connectivity index (χ1v) is 5.08. The number of aliphatic hydroxyl groups is 1. The van der Waals surface area contributed by atoms with Gasteiger partial charge in [0.05, 0.1) is 26.1 Å². The largest absolute Gasteiger partial charge is 0.394 e. The predicted octanol–water partition coefficient (Wildman–Crippen LogP) is -0.819. The van der Waals surface area contributed by atoms with Gasteiger partial charge < -0.3 is 9.84 Å². The highest BCUT2D eigenvalue weighted by Gasteiger charge is 1.97. The highest BCUT2D eigenvalue weighted by atomic mass is 32.2. The number of ether oxygens (including phenoxy) is 1. The molecule has 12 heavy (non-hydrogen) atoms. The minimum atomic E-state index is -3.10. The van der Waals surface area contributed by atoms with Gasteiger partial charge in [-0.25, -0.2) is 13.1 Å². The van der Waals surface area contributed by atoms with E-state index in [0.29, 0.717) is 0 Å². The van der Waals surface area contributed by atoms with E-state index in [9.17, 15) is 8.42 Å². The highest BCUT2D eigenvalue weighted by Crippen LogP contribution is 1.75. The van der Waals surface area contributed by atoms with Crippen molar-refractivity contribution in [3.05, 3.63) is 0 Å². The second-order valence-electron chi connectivity index (χ2n) is 2.00. The van der Waals surface area contributed by atoms with Crippen LogP contribution in [0.5, 0.6) is 0 Å². The molecule has 0 aromatic carbocycles. The Labute approximate surface area is 73.8 Å². The molecule has 0 saturated carbocycles. The summed E-state index contributed by atoms with van der Waals surface area (Å²) in [7, 11) is -3.10. The zero-order valence-corrected chi connectivity index (χ0v) is 7.23. The number of aliphatic hydroxyl groups excluding tert-OH is 1. The topological polar surface area (TPSA) is 75.6 Å². The SMILES string of the molecule is C.CS(=O)(=O)NCCOCCO. The normalized spacial score (nSPS) is 10.8. The summed E-state index contributed by atoms with van der Waals surface area (Å²) in [5.41, 5.74) is 0. The van der Waals surface area contributed by atoms with E-state index in [-0.39, 0.29) is 33.8 Å². The van der Waals surface area contributed by atoms with Crippen molar-refractivity contribution in [1.82, 2.24) is 4.72 Å². The molecule has 0 aliphatic carbocycles. The average Bonchev–Trinajstić information content (AvgIpc) is 1.85. The Morgan fingerprint density at radius 1 is 1.42 bits per heavy atom. The molecule has 0 aliphatic heterocycles. The Kier molecular flexibility index (Phi) is 8.95. The van der Waals surface area contributed by atoms with Crippen molar-refractivity contribution in [2.75, 3.05) is 32.6 Å². The molecular formula is C6H17NO4S. The third-order valence-electron chi connectivity index (χ3n) is 0.846. The Balaban J connectivity index is 0. The van der Waals surface area contributed by atoms with E-state index in [2.05, 4.69) is 4.72 Å². The fraction of sp³-hybridized carbons (Fsp3) is 1.00. The maximum Gasteiger partial charge on any atom is 0.208 e. The molecule has 0 radical (unpaired) electrons. The molecule has 0 saturated heterocycles. The molecule has 0 aliphatic rings. The van der Waals surface area contributed by atoms with E-state index < -0.39 is 10.0 Å². The van der Waals surface area contributed by atoms with E-state index in [1.807, 2.05) is 0 Å². The van der Waals surface area contributed by atoms with Gasteiger partial charge in [0.1, 0.15) is 0 Å². The van der Waals surface area contributed by atoms with Crippen LogP contribution in [-0.2, 0) is 14.8 Å². The lowest BCUT2D eigenvalue weighted by atomic mass is 10.7. The zero-order valence-electron chi connectivity index (χ0n) is 6.41. The summed E-state index contributed by atoms with van der Waals surface area (Å²) < 4.78 is 27.9. The molecule has 0 aromatic heterocycles. The summed E-state index contributed by atoms with van der Waals surface area (Å²) in [4.78, 5) is 0. The van der Waals surface area contributed by atoms with Crippen molar-refractivity contribution >= 4 is 10.0 Å². The van der Waals surface area contributed by atoms with Crippen LogP contribution < -0.4 is 4.72 Å². The lowest BCUT2D eigenvalue weighted by Gasteiger charge is -2.01. The lowest BCUT2D eigenvalue weighted by Crippen LogP contribution is -2.26. The number of hydrogen-bond acceptors (Lipinski definition) is 4. The van der Waals surface area contributed by atoms with Crippen LogP contribution in [0.4, 0.5) is 0 Å². The van der Waals surface area contributed by atoms with Crippen molar-refractivity contribution in [2.45, 2.75) is 7.43 Å². The van der Waals surface area contributed by atoms with E-state index in [0.717, 1.165) is 6.26 Å². The Morgan fingerprint density at radius 2 is 2.00 bits per heavy atom. The smallest absolute Gasteiger partial charge is 0.208 e. The maximum atomic E-state index is 10.4. The molecule has 0 unspecified atom stereocenters. The van der Waals surface area contributed by atoms with Gasteiger partial charge in [0, 0.05) is 6.54 Å². The first kappa shape index (κ1) is 14.4. The van der Waals surface area contributed by atoms with Crippen LogP contribution in [0.3, 0.4) is 0 Å². The molecule has 0 aromatic rings. The molecule has 0 spiro atoms. The molecule has 0 amide bonds. The van der Waals surface area contributed by atoms with Crippen LogP contribution in [0, 0.1) is 0 Å². The third kappa shape index (κ3) is 12.5. The van der Waals surface area contributed by atoms with Crippen LogP contribution in [-0.4, -0.2) is 46.1 Å². The maximum absolute atomic E-state index is 10.4. The minimum Gasteiger partial charge on any atom is -0.394 e. The Bertz CT molecular complexity index is 178. The highest BCUT2D eigenvalue weighted by molar-refractivity contribution is 7.88. The Morgan fingerprint density at radius 3 is 2.42 bits per heavy atom. The predicted molar refractivity (Wildman–Crippen MR) is 47.5 cm³/mol. The van der Waals surface area contributed by atoms with Crippen molar-refractivity contribution in [1.29, 1.82) is 0 Å². The number of hydrogen-bond donors (Lipinski definition) is 2. The standard InChI is InChI=1S/C5H13NO4S.CH4/c1-11(8,9)6-2-4-10-5-3-7;/h6-7H,2-5H2,1H3;1H4. The van der Waals surface area contributed by atoms with Gasteiger partial charge in [-0.15, -0.1) is 0 Å². The van der Waals surface area contributed by atoms with Gasteiger partial charge in [0.25, 0.3) is 0 Å². The average molecular weight is 199 g/mol. The summed E-state index contributed by atoms with van der Waals surface area (Å²) in [6.07, 6.45) is 1.08. The van der Waals surface area contributed by atoms with Gasteiger partial charge in [0.2, 0.25) is 10.0 Å². The fourth-order valence-corrected chi connectivity index (χ4v) is 0.920. The van der Waals surface area contributed by atoms with E-state index in [1.165, 1.54) is 0 Å². The summed E-state index contributed by atoms with van der Waals surface area (Å²) in [5, 5.41) is 8.26. The fourth-order valence-electron chi connectivity index (χ4n) is 0.466. The van der Waals surface area contributed by atoms with Crippen molar-refractivity contribution < 1.29 is 18.3 Å². The van der Waals surface area contributed by atoms with Crippen molar-refractivity contribution in [3.63, 3.8) is 0 Å². The summed E-state index contributed by atoms with van der Waals surface area (Å²) >= 11 is 0. The zero-order chi connectivity index (χ0) is 8.74. The number of nitrogens with one attached hydrogen (secondary N) is 1. The monoisotopic (exact) mass is 199 g/mol. The van der Waals surface area contributed by atoms with E-state index in [1.54, 1.807) is 0 Å². The molecule has 76 valence electrons. The minimum absolute atomic E-state index is 0. The first-order chi connectivity index (χ1) is 5.06. The van der Waals surface area contributed by atoms with Gasteiger partial charge in [-0.1, -0.05) is 7.43 Å². The van der Waals surface area contributed by atoms with Crippen molar-refractivity contribution in [3.8, 4) is 0 Å². The van der Waals surface area contributed by atoms with Gasteiger partial charge in [0.15, 0.2) is 0 Å². The molecule has 0 fully saturated rings. The molecule has 5 nitrogen and oxygen atoms in total. The first-order valence-electron chi connectivity index (χ1n) is 3.19. The van der Waals surface area contributed by atoms with Crippen LogP contribution in [0.25, 0.3) is 0 Å². The Hall–Kier alpha value is -0.170. The quantitative estimate of drug-likeness (QED) is 0.548. The van der Waals surface area contributed by atoms with Gasteiger partial charge in [-0.3, -0.25) is 0 Å². The van der Waals surface area contributed by atoms with Gasteiger partial charge in [-0.05, 0) is 0 Å². The van der Waals surface area contributed by atoms with Crippen LogP contribution in [0.1, 0.15) is 7.43 Å². The van der Waals surface area contributed by atoms with Crippen LogP contribution >= 0.6 is 0 Å². The lowest BCUT2D eigenvalue weighted by molar-refractivity contribution is 0.0961.